The molecule has 0 saturated heterocycles. The van der Waals surface area contributed by atoms with E-state index in [4.69, 9.17) is 9.84 Å². The van der Waals surface area contributed by atoms with Crippen molar-refractivity contribution in [3.63, 3.8) is 0 Å². The first-order valence-electron chi connectivity index (χ1n) is 5.12. The molecule has 1 aliphatic rings. The van der Waals surface area contributed by atoms with Gasteiger partial charge in [0.05, 0.1) is 10.5 Å². The molecule has 1 saturated carbocycles. The first kappa shape index (κ1) is 11.3. The van der Waals surface area contributed by atoms with Gasteiger partial charge in [0.25, 0.3) is 5.88 Å². The van der Waals surface area contributed by atoms with E-state index in [1.54, 1.807) is 0 Å². The zero-order chi connectivity index (χ0) is 12.4. The third kappa shape index (κ3) is 2.32. The van der Waals surface area contributed by atoms with Crippen molar-refractivity contribution in [2.24, 2.45) is 0 Å². The molecule has 17 heavy (non-hydrogen) atoms. The summed E-state index contributed by atoms with van der Waals surface area (Å²) in [4.78, 5) is 24.5. The van der Waals surface area contributed by atoms with Gasteiger partial charge < -0.3 is 9.84 Å². The van der Waals surface area contributed by atoms with Crippen LogP contribution in [0.15, 0.2) is 12.3 Å². The molecule has 1 aromatic heterocycles. The maximum atomic E-state index is 10.8. The van der Waals surface area contributed by atoms with E-state index in [1.165, 1.54) is 0 Å². The van der Waals surface area contributed by atoms with Crippen LogP contribution in [0.5, 0.6) is 5.88 Å². The largest absolute Gasteiger partial charge is 0.478 e. The second-order valence-corrected chi connectivity index (χ2v) is 3.78. The molecule has 0 radical (unpaired) electrons. The second kappa shape index (κ2) is 4.36. The third-order valence-corrected chi connectivity index (χ3v) is 2.61. The standard InChI is InChI=1S/C10H10N2O5/c13-10(14)6-4-8(12(15)16)9(11-5-6)17-7-2-1-3-7/h4-5,7H,1-3H2,(H,13,14). The van der Waals surface area contributed by atoms with E-state index in [0.717, 1.165) is 31.5 Å². The molecule has 0 amide bonds. The minimum Gasteiger partial charge on any atom is -0.478 e. The van der Waals surface area contributed by atoms with Gasteiger partial charge in [-0.2, -0.15) is 0 Å². The summed E-state index contributed by atoms with van der Waals surface area (Å²) in [6, 6.07) is 0.962. The van der Waals surface area contributed by atoms with Crippen molar-refractivity contribution in [3.8, 4) is 5.88 Å². The van der Waals surface area contributed by atoms with Crippen molar-refractivity contribution in [1.29, 1.82) is 0 Å². The van der Waals surface area contributed by atoms with Crippen LogP contribution in [0.3, 0.4) is 0 Å². The first-order chi connectivity index (χ1) is 8.08. The predicted molar refractivity (Wildman–Crippen MR) is 56.1 cm³/mol. The lowest BCUT2D eigenvalue weighted by Crippen LogP contribution is -2.25. The molecule has 0 spiro atoms. The van der Waals surface area contributed by atoms with Gasteiger partial charge >= 0.3 is 11.7 Å². The van der Waals surface area contributed by atoms with Gasteiger partial charge in [-0.3, -0.25) is 10.1 Å². The highest BCUT2D eigenvalue weighted by atomic mass is 16.6. The SMILES string of the molecule is O=C(O)c1cnc(OC2CCC2)c([N+](=O)[O-])c1. The Morgan fingerprint density at radius 2 is 2.29 bits per heavy atom. The van der Waals surface area contributed by atoms with Crippen molar-refractivity contribution < 1.29 is 19.6 Å². The van der Waals surface area contributed by atoms with Gasteiger partial charge in [0, 0.05) is 12.3 Å². The molecule has 0 aliphatic heterocycles. The third-order valence-electron chi connectivity index (χ3n) is 2.61. The smallest absolute Gasteiger partial charge is 0.337 e. The van der Waals surface area contributed by atoms with Crippen LogP contribution in [0.2, 0.25) is 0 Å². The van der Waals surface area contributed by atoms with Crippen molar-refractivity contribution in [2.45, 2.75) is 25.4 Å². The number of rotatable bonds is 4. The molecule has 7 nitrogen and oxygen atoms in total. The summed E-state index contributed by atoms with van der Waals surface area (Å²) in [5.74, 6) is -1.36. The lowest BCUT2D eigenvalue weighted by Gasteiger charge is -2.25. The van der Waals surface area contributed by atoms with Gasteiger partial charge in [0.1, 0.15) is 6.10 Å². The van der Waals surface area contributed by atoms with Crippen LogP contribution >= 0.6 is 0 Å². The van der Waals surface area contributed by atoms with E-state index in [0.29, 0.717) is 0 Å². The monoisotopic (exact) mass is 238 g/mol. The highest BCUT2D eigenvalue weighted by molar-refractivity contribution is 5.88. The average molecular weight is 238 g/mol. The maximum Gasteiger partial charge on any atom is 0.337 e. The summed E-state index contributed by atoms with van der Waals surface area (Å²) in [6.07, 6.45) is 3.74. The molecule has 1 N–H and O–H groups in total. The molecule has 2 rings (SSSR count). The van der Waals surface area contributed by atoms with Gasteiger partial charge in [-0.05, 0) is 19.3 Å². The summed E-state index contributed by atoms with van der Waals surface area (Å²) >= 11 is 0. The van der Waals surface area contributed by atoms with Crippen LogP contribution < -0.4 is 4.74 Å². The molecule has 90 valence electrons. The number of nitro groups is 1. The summed E-state index contributed by atoms with van der Waals surface area (Å²) in [5, 5.41) is 19.5. The Hall–Kier alpha value is -2.18. The number of hydrogen-bond donors (Lipinski definition) is 1. The quantitative estimate of drug-likeness (QED) is 0.631. The van der Waals surface area contributed by atoms with Crippen LogP contribution in [-0.4, -0.2) is 27.1 Å². The zero-order valence-corrected chi connectivity index (χ0v) is 8.83. The van der Waals surface area contributed by atoms with E-state index in [1.807, 2.05) is 0 Å². The molecule has 0 bridgehead atoms. The van der Waals surface area contributed by atoms with Crippen LogP contribution in [0.4, 0.5) is 5.69 Å². The minimum absolute atomic E-state index is 0.0446. The van der Waals surface area contributed by atoms with Gasteiger partial charge in [-0.25, -0.2) is 9.78 Å². The Labute approximate surface area is 96.2 Å². The number of aromatic nitrogens is 1. The summed E-state index contributed by atoms with van der Waals surface area (Å²) < 4.78 is 5.33. The Bertz CT molecular complexity index is 470. The number of carboxylic acid groups (broad SMARTS) is 1. The molecule has 1 heterocycles. The summed E-state index contributed by atoms with van der Waals surface area (Å²) in [6.45, 7) is 0. The van der Waals surface area contributed by atoms with Gasteiger partial charge in [0.15, 0.2) is 0 Å². The molecule has 1 aliphatic carbocycles. The van der Waals surface area contributed by atoms with E-state index in [2.05, 4.69) is 4.98 Å². The van der Waals surface area contributed by atoms with E-state index in [-0.39, 0.29) is 17.5 Å². The summed E-state index contributed by atoms with van der Waals surface area (Å²) in [7, 11) is 0. The lowest BCUT2D eigenvalue weighted by atomic mass is 9.96. The highest BCUT2D eigenvalue weighted by Gasteiger charge is 2.26. The van der Waals surface area contributed by atoms with E-state index in [9.17, 15) is 14.9 Å². The number of aromatic carboxylic acids is 1. The van der Waals surface area contributed by atoms with Crippen LogP contribution in [0.1, 0.15) is 29.6 Å². The van der Waals surface area contributed by atoms with Crippen molar-refractivity contribution in [3.05, 3.63) is 27.9 Å². The molecule has 0 atom stereocenters. The number of carbonyl (C=O) groups is 1. The van der Waals surface area contributed by atoms with Crippen LogP contribution in [-0.2, 0) is 0 Å². The fraction of sp³-hybridized carbons (Fsp3) is 0.400. The number of carboxylic acids is 1. The fourth-order valence-electron chi connectivity index (χ4n) is 1.43. The highest BCUT2D eigenvalue weighted by Crippen LogP contribution is 2.30. The average Bonchev–Trinajstić information content (AvgIpc) is 2.23. The van der Waals surface area contributed by atoms with E-state index >= 15 is 0 Å². The van der Waals surface area contributed by atoms with Crippen LogP contribution in [0, 0.1) is 10.1 Å². The molecule has 1 fully saturated rings. The Balaban J connectivity index is 2.30. The number of ether oxygens (including phenoxy) is 1. The second-order valence-electron chi connectivity index (χ2n) is 3.78. The minimum atomic E-state index is -1.25. The van der Waals surface area contributed by atoms with Crippen molar-refractivity contribution >= 4 is 11.7 Å². The van der Waals surface area contributed by atoms with E-state index < -0.39 is 16.6 Å². The van der Waals surface area contributed by atoms with Gasteiger partial charge in [-0.1, -0.05) is 0 Å². The fourth-order valence-corrected chi connectivity index (χ4v) is 1.43. The Morgan fingerprint density at radius 3 is 2.76 bits per heavy atom. The predicted octanol–water partition coefficient (Wildman–Crippen LogP) is 1.62. The number of hydrogen-bond acceptors (Lipinski definition) is 5. The van der Waals surface area contributed by atoms with Crippen molar-refractivity contribution in [1.82, 2.24) is 4.98 Å². The topological polar surface area (TPSA) is 103 Å². The number of nitrogens with zero attached hydrogens (tertiary/aromatic N) is 2. The first-order valence-corrected chi connectivity index (χ1v) is 5.12. The normalized spacial score (nSPS) is 15.1. The lowest BCUT2D eigenvalue weighted by molar-refractivity contribution is -0.386. The Kier molecular flexibility index (Phi) is 2.90. The van der Waals surface area contributed by atoms with Crippen molar-refractivity contribution in [2.75, 3.05) is 0 Å². The molecule has 7 heteroatoms. The zero-order valence-electron chi connectivity index (χ0n) is 8.83. The molecular formula is C10H10N2O5. The van der Waals surface area contributed by atoms with Gasteiger partial charge in [-0.15, -0.1) is 0 Å². The van der Waals surface area contributed by atoms with Crippen LogP contribution in [0.25, 0.3) is 0 Å². The maximum absolute atomic E-state index is 10.8. The molecular weight excluding hydrogens is 228 g/mol. The Morgan fingerprint density at radius 1 is 1.59 bits per heavy atom. The molecule has 0 aromatic carbocycles. The summed E-state index contributed by atoms with van der Waals surface area (Å²) in [5.41, 5.74) is -0.630. The number of pyridine rings is 1. The molecule has 0 unspecified atom stereocenters. The molecule has 1 aromatic rings. The van der Waals surface area contributed by atoms with Gasteiger partial charge in [0.2, 0.25) is 0 Å².